The van der Waals surface area contributed by atoms with E-state index in [2.05, 4.69) is 11.4 Å². The molecule has 4 nitrogen and oxygen atoms in total. The molecule has 1 rings (SSSR count). The molecule has 0 unspecified atom stereocenters. The standard InChI is InChI=1S/C20H24F3N2O2.W/c1-6-8-18(27-12-11-25(4)5)16(7-2)19(26)24-15-10-9-14(3)17(13-15)20(21,22)23;/h8-10,13H,11-12H2,1-5H3,(H,24,26);/q-1;. The van der Waals surface area contributed by atoms with Crippen molar-refractivity contribution in [2.24, 2.45) is 0 Å². The Labute approximate surface area is 174 Å². The van der Waals surface area contributed by atoms with E-state index in [9.17, 15) is 18.0 Å². The van der Waals surface area contributed by atoms with Crippen LogP contribution in [0.25, 0.3) is 0 Å². The van der Waals surface area contributed by atoms with E-state index in [-0.39, 0.29) is 16.8 Å². The van der Waals surface area contributed by atoms with E-state index in [1.807, 2.05) is 25.9 Å². The van der Waals surface area contributed by atoms with Crippen LogP contribution in [0.1, 0.15) is 25.0 Å². The Balaban J connectivity index is 3.08. The zero-order valence-electron chi connectivity index (χ0n) is 16.5. The van der Waals surface area contributed by atoms with E-state index in [1.54, 1.807) is 13.0 Å². The van der Waals surface area contributed by atoms with Crippen molar-refractivity contribution in [1.29, 1.82) is 0 Å². The number of likely N-dealkylation sites (N-methyl/N-ethyl adjacent to an activating group) is 1. The number of aryl methyl sites for hydroxylation is 1. The summed E-state index contributed by atoms with van der Waals surface area (Å²) in [7, 11) is 3.80. The SMILES string of the molecule is C[C-]=C(C(=O)Nc1ccc(C)c(C(F)(F)F)c1)C(=C[C](C)=[W])OCCN(C)C. The first kappa shape index (κ1) is 24.3. The second-order valence-corrected chi connectivity index (χ2v) is 8.69. The number of amides is 1. The molecule has 0 radical (unpaired) electrons. The molecule has 1 aromatic rings. The minimum absolute atomic E-state index is 0.0612. The number of carbonyl (C=O) groups is 1. The number of hydrogen-bond donors (Lipinski definition) is 1. The van der Waals surface area contributed by atoms with E-state index in [0.29, 0.717) is 18.9 Å². The van der Waals surface area contributed by atoms with Crippen molar-refractivity contribution < 1.29 is 42.1 Å². The fourth-order valence-corrected chi connectivity index (χ4v) is 2.64. The molecule has 1 aromatic carbocycles. The molecule has 0 saturated carbocycles. The number of hydrogen-bond acceptors (Lipinski definition) is 3. The van der Waals surface area contributed by atoms with Gasteiger partial charge in [-0.2, -0.15) is 0 Å². The molecule has 0 bridgehead atoms. The zero-order valence-corrected chi connectivity index (χ0v) is 19.5. The molecule has 0 atom stereocenters. The monoisotopic (exact) mass is 565 g/mol. The number of alkyl halides is 3. The fourth-order valence-electron chi connectivity index (χ4n) is 2.26. The number of nitrogens with one attached hydrogen (secondary N) is 1. The summed E-state index contributed by atoms with van der Waals surface area (Å²) in [6, 6.07) is 3.70. The van der Waals surface area contributed by atoms with Crippen molar-refractivity contribution in [2.45, 2.75) is 26.9 Å². The van der Waals surface area contributed by atoms with Crippen molar-refractivity contribution in [3.63, 3.8) is 0 Å². The second kappa shape index (κ2) is 10.7. The normalized spacial score (nSPS) is 12.9. The van der Waals surface area contributed by atoms with Crippen LogP contribution in [0.4, 0.5) is 18.9 Å². The Morgan fingerprint density at radius 3 is 2.50 bits per heavy atom. The van der Waals surface area contributed by atoms with Gasteiger partial charge >= 0.3 is 175 Å². The number of benzene rings is 1. The molecule has 0 spiro atoms. The molecule has 28 heavy (non-hydrogen) atoms. The Hall–Kier alpha value is -1.72. The molecule has 1 amide bonds. The first-order valence-electron chi connectivity index (χ1n) is 8.49. The van der Waals surface area contributed by atoms with Crippen LogP contribution in [0.15, 0.2) is 35.6 Å². The van der Waals surface area contributed by atoms with E-state index in [4.69, 9.17) is 4.74 Å². The molecule has 154 valence electrons. The summed E-state index contributed by atoms with van der Waals surface area (Å²) in [5, 5.41) is 2.51. The van der Waals surface area contributed by atoms with Gasteiger partial charge in [0, 0.05) is 0 Å². The summed E-state index contributed by atoms with van der Waals surface area (Å²) in [6.45, 7) is 5.85. The van der Waals surface area contributed by atoms with Gasteiger partial charge in [-0.05, 0) is 0 Å². The Morgan fingerprint density at radius 1 is 1.36 bits per heavy atom. The number of anilines is 1. The zero-order chi connectivity index (χ0) is 21.5. The van der Waals surface area contributed by atoms with Crippen LogP contribution in [0, 0.1) is 13.0 Å². The quantitative estimate of drug-likeness (QED) is 0.225. The van der Waals surface area contributed by atoms with Gasteiger partial charge in [0.2, 0.25) is 0 Å². The van der Waals surface area contributed by atoms with E-state index in [1.165, 1.54) is 38.4 Å². The van der Waals surface area contributed by atoms with Gasteiger partial charge in [0.15, 0.2) is 0 Å². The first-order valence-corrected chi connectivity index (χ1v) is 9.96. The van der Waals surface area contributed by atoms with Crippen LogP contribution in [0.3, 0.4) is 0 Å². The van der Waals surface area contributed by atoms with Gasteiger partial charge in [-0.25, -0.2) is 0 Å². The number of rotatable bonds is 8. The van der Waals surface area contributed by atoms with Crippen molar-refractivity contribution in [1.82, 2.24) is 4.90 Å². The third kappa shape index (κ3) is 7.72. The van der Waals surface area contributed by atoms with E-state index < -0.39 is 17.6 Å². The van der Waals surface area contributed by atoms with Crippen LogP contribution in [-0.2, 0) is 35.1 Å². The second-order valence-electron chi connectivity index (χ2n) is 6.38. The molecule has 0 aliphatic heterocycles. The van der Waals surface area contributed by atoms with E-state index in [0.717, 1.165) is 9.96 Å². The molecule has 0 fully saturated rings. The van der Waals surface area contributed by atoms with Gasteiger partial charge in [-0.1, -0.05) is 0 Å². The van der Waals surface area contributed by atoms with Crippen molar-refractivity contribution in [3.8, 4) is 0 Å². The summed E-state index contributed by atoms with van der Waals surface area (Å²) < 4.78 is 46.0. The summed E-state index contributed by atoms with van der Waals surface area (Å²) in [5.74, 6) is -0.232. The maximum atomic E-state index is 13.1. The molecule has 8 heteroatoms. The molecule has 1 N–H and O–H groups in total. The summed E-state index contributed by atoms with van der Waals surface area (Å²) in [5.41, 5.74) is -0.481. The molecular weight excluding hydrogens is 541 g/mol. The van der Waals surface area contributed by atoms with Gasteiger partial charge in [0.05, 0.1) is 0 Å². The molecule has 0 heterocycles. The third-order valence-electron chi connectivity index (χ3n) is 3.65. The number of halogens is 3. The van der Waals surface area contributed by atoms with Crippen LogP contribution in [-0.4, -0.2) is 42.0 Å². The first-order chi connectivity index (χ1) is 13.0. The number of carbonyl (C=O) groups excluding carboxylic acids is 1. The fraction of sp³-hybridized carbons (Fsp3) is 0.400. The number of ether oxygens (including phenoxy) is 1. The van der Waals surface area contributed by atoms with Gasteiger partial charge in [-0.15, -0.1) is 0 Å². The molecule has 0 aromatic heterocycles. The molecular formula is C20H24F3N2O2W-. The van der Waals surface area contributed by atoms with Crippen molar-refractivity contribution in [3.05, 3.63) is 52.8 Å². The average Bonchev–Trinajstić information content (AvgIpc) is 2.55. The summed E-state index contributed by atoms with van der Waals surface area (Å²) >= 11 is 1.22. The van der Waals surface area contributed by atoms with E-state index >= 15 is 0 Å². The molecule has 0 saturated heterocycles. The molecule has 0 aliphatic rings. The van der Waals surface area contributed by atoms with Gasteiger partial charge < -0.3 is 0 Å². The molecule has 0 aliphatic carbocycles. The Kier molecular flexibility index (Phi) is 9.31. The van der Waals surface area contributed by atoms with Crippen LogP contribution in [0.5, 0.6) is 0 Å². The van der Waals surface area contributed by atoms with Crippen molar-refractivity contribution >= 4 is 15.5 Å². The maximum absolute atomic E-state index is 13.1. The Bertz CT molecular complexity index is 784. The Morgan fingerprint density at radius 2 is 2.00 bits per heavy atom. The minimum atomic E-state index is -4.49. The van der Waals surface area contributed by atoms with Gasteiger partial charge in [0.1, 0.15) is 0 Å². The van der Waals surface area contributed by atoms with Crippen molar-refractivity contribution in [2.75, 3.05) is 32.6 Å². The number of nitrogens with zero attached hydrogens (tertiary/aromatic N) is 1. The predicted molar refractivity (Wildman–Crippen MR) is 101 cm³/mol. The summed E-state index contributed by atoms with van der Waals surface area (Å²) in [4.78, 5) is 14.6. The number of allylic oxidation sites excluding steroid dienone is 2. The van der Waals surface area contributed by atoms with Gasteiger partial charge in [0.25, 0.3) is 0 Å². The average molecular weight is 565 g/mol. The van der Waals surface area contributed by atoms with Crippen LogP contribution < -0.4 is 5.32 Å². The van der Waals surface area contributed by atoms with Crippen LogP contribution >= 0.6 is 0 Å². The third-order valence-corrected chi connectivity index (χ3v) is 4.08. The predicted octanol–water partition coefficient (Wildman–Crippen LogP) is 3.90. The van der Waals surface area contributed by atoms with Gasteiger partial charge in [-0.3, -0.25) is 0 Å². The summed E-state index contributed by atoms with van der Waals surface area (Å²) in [6.07, 6.45) is 0.0478. The topological polar surface area (TPSA) is 41.6 Å². The van der Waals surface area contributed by atoms with Crippen LogP contribution in [0.2, 0.25) is 0 Å².